The zero-order chi connectivity index (χ0) is 17.1. The first-order valence-electron chi connectivity index (χ1n) is 7.25. The molecule has 0 saturated heterocycles. The number of esters is 1. The molecule has 0 spiro atoms. The van der Waals surface area contributed by atoms with Crippen molar-refractivity contribution in [2.45, 2.75) is 6.92 Å². The molecule has 122 valence electrons. The summed E-state index contributed by atoms with van der Waals surface area (Å²) in [5.41, 5.74) is 3.50. The second-order valence-electron chi connectivity index (χ2n) is 5.19. The molecule has 0 aliphatic heterocycles. The van der Waals surface area contributed by atoms with Crippen LogP contribution >= 0.6 is 11.3 Å². The summed E-state index contributed by atoms with van der Waals surface area (Å²) in [6.07, 6.45) is 8.61. The molecule has 0 radical (unpaired) electrons. The average Bonchev–Trinajstić information content (AvgIpc) is 3.21. The number of carbonyl (C=O) groups is 1. The van der Waals surface area contributed by atoms with Crippen molar-refractivity contribution in [1.82, 2.24) is 19.7 Å². The van der Waals surface area contributed by atoms with Gasteiger partial charge in [0, 0.05) is 42.8 Å². The number of aryl methyl sites for hydroxylation is 1. The van der Waals surface area contributed by atoms with Crippen molar-refractivity contribution in [3.8, 4) is 21.8 Å². The van der Waals surface area contributed by atoms with E-state index in [1.54, 1.807) is 23.3 Å². The van der Waals surface area contributed by atoms with Gasteiger partial charge in [-0.25, -0.2) is 9.78 Å². The van der Waals surface area contributed by atoms with Crippen LogP contribution in [0.2, 0.25) is 0 Å². The molecule has 0 fully saturated rings. The molecule has 3 aromatic heterocycles. The van der Waals surface area contributed by atoms with Crippen molar-refractivity contribution in [2.75, 3.05) is 7.11 Å². The first kappa shape index (κ1) is 16.1. The summed E-state index contributed by atoms with van der Waals surface area (Å²) >= 11 is 1.53. The summed E-state index contributed by atoms with van der Waals surface area (Å²) in [6.45, 7) is 1.88. The predicted octanol–water partition coefficient (Wildman–Crippen LogP) is 3.18. The van der Waals surface area contributed by atoms with Crippen molar-refractivity contribution in [3.63, 3.8) is 0 Å². The van der Waals surface area contributed by atoms with Crippen molar-refractivity contribution < 1.29 is 9.53 Å². The molecule has 3 aromatic rings. The minimum Gasteiger partial charge on any atom is -0.466 e. The summed E-state index contributed by atoms with van der Waals surface area (Å²) in [5, 5.41) is 5.08. The van der Waals surface area contributed by atoms with Crippen LogP contribution < -0.4 is 0 Å². The lowest BCUT2D eigenvalue weighted by molar-refractivity contribution is -0.134. The number of rotatable bonds is 4. The SMILES string of the molecule is COC(=O)/C=C(\C)c1sc(-c2ccncc2)nc1-c1cnn(C)c1. The Balaban J connectivity index is 2.13. The standard InChI is InChI=1S/C17H16N4O2S/c1-11(8-14(22)23-3)16-15(13-9-19-21(2)10-13)20-17(24-16)12-4-6-18-7-5-12/h4-10H,1-3H3/b11-8+. The molecule has 0 amide bonds. The Kier molecular flexibility index (Phi) is 4.52. The van der Waals surface area contributed by atoms with E-state index < -0.39 is 0 Å². The predicted molar refractivity (Wildman–Crippen MR) is 93.2 cm³/mol. The Bertz CT molecular complexity index is 896. The third-order valence-corrected chi connectivity index (χ3v) is 4.67. The van der Waals surface area contributed by atoms with E-state index in [4.69, 9.17) is 9.72 Å². The Morgan fingerprint density at radius 3 is 2.67 bits per heavy atom. The molecule has 0 bridgehead atoms. The number of hydrogen-bond donors (Lipinski definition) is 0. The Hall–Kier alpha value is -2.80. The number of aromatic nitrogens is 4. The van der Waals surface area contributed by atoms with E-state index in [-0.39, 0.29) is 5.97 Å². The van der Waals surface area contributed by atoms with E-state index in [1.807, 2.05) is 32.3 Å². The number of nitrogens with zero attached hydrogens (tertiary/aromatic N) is 4. The smallest absolute Gasteiger partial charge is 0.330 e. The van der Waals surface area contributed by atoms with Gasteiger partial charge in [0.1, 0.15) is 5.01 Å². The van der Waals surface area contributed by atoms with E-state index in [0.29, 0.717) is 0 Å². The van der Waals surface area contributed by atoms with Gasteiger partial charge in [-0.15, -0.1) is 11.3 Å². The Morgan fingerprint density at radius 2 is 2.04 bits per heavy atom. The van der Waals surface area contributed by atoms with Gasteiger partial charge >= 0.3 is 5.97 Å². The topological polar surface area (TPSA) is 69.9 Å². The fraction of sp³-hybridized carbons (Fsp3) is 0.176. The molecule has 0 unspecified atom stereocenters. The lowest BCUT2D eigenvalue weighted by Crippen LogP contribution is -1.95. The van der Waals surface area contributed by atoms with Crippen LogP contribution in [0.4, 0.5) is 0 Å². The molecule has 7 heteroatoms. The van der Waals surface area contributed by atoms with Gasteiger partial charge in [0.2, 0.25) is 0 Å². The maximum atomic E-state index is 11.6. The van der Waals surface area contributed by atoms with E-state index in [2.05, 4.69) is 10.1 Å². The highest BCUT2D eigenvalue weighted by Crippen LogP contribution is 2.37. The highest BCUT2D eigenvalue weighted by molar-refractivity contribution is 7.16. The summed E-state index contributed by atoms with van der Waals surface area (Å²) in [7, 11) is 3.22. The average molecular weight is 340 g/mol. The van der Waals surface area contributed by atoms with Gasteiger partial charge in [-0.2, -0.15) is 5.10 Å². The lowest BCUT2D eigenvalue weighted by atomic mass is 10.1. The molecule has 0 aromatic carbocycles. The summed E-state index contributed by atoms with van der Waals surface area (Å²) in [6, 6.07) is 3.82. The molecule has 3 rings (SSSR count). The van der Waals surface area contributed by atoms with Crippen LogP contribution in [0.15, 0.2) is 43.0 Å². The summed E-state index contributed by atoms with van der Waals surface area (Å²) < 4.78 is 6.45. The number of hydrogen-bond acceptors (Lipinski definition) is 6. The van der Waals surface area contributed by atoms with Gasteiger partial charge in [-0.05, 0) is 24.6 Å². The molecule has 24 heavy (non-hydrogen) atoms. The van der Waals surface area contributed by atoms with Crippen molar-refractivity contribution in [3.05, 3.63) is 47.9 Å². The first-order chi connectivity index (χ1) is 11.6. The van der Waals surface area contributed by atoms with Crippen LogP contribution in [-0.4, -0.2) is 32.8 Å². The minimum atomic E-state index is -0.386. The maximum Gasteiger partial charge on any atom is 0.330 e. The number of thiazole rings is 1. The largest absolute Gasteiger partial charge is 0.466 e. The number of pyridine rings is 1. The Morgan fingerprint density at radius 1 is 1.29 bits per heavy atom. The van der Waals surface area contributed by atoms with Gasteiger partial charge in [0.05, 0.1) is 23.9 Å². The lowest BCUT2D eigenvalue weighted by Gasteiger charge is -2.00. The van der Waals surface area contributed by atoms with E-state index in [1.165, 1.54) is 24.5 Å². The highest BCUT2D eigenvalue weighted by Gasteiger charge is 2.17. The minimum absolute atomic E-state index is 0.386. The summed E-state index contributed by atoms with van der Waals surface area (Å²) in [5.74, 6) is -0.386. The van der Waals surface area contributed by atoms with Crippen LogP contribution in [0.1, 0.15) is 11.8 Å². The number of allylic oxidation sites excluding steroid dienone is 1. The van der Waals surface area contributed by atoms with Gasteiger partial charge < -0.3 is 4.74 Å². The molecule has 6 nitrogen and oxygen atoms in total. The van der Waals surface area contributed by atoms with Crippen LogP contribution in [0.3, 0.4) is 0 Å². The van der Waals surface area contributed by atoms with Crippen molar-refractivity contribution in [2.24, 2.45) is 7.05 Å². The molecule has 0 aliphatic rings. The monoisotopic (exact) mass is 340 g/mol. The molecular formula is C17H16N4O2S. The summed E-state index contributed by atoms with van der Waals surface area (Å²) in [4.78, 5) is 21.3. The van der Waals surface area contributed by atoms with Crippen LogP contribution in [-0.2, 0) is 16.6 Å². The van der Waals surface area contributed by atoms with E-state index in [9.17, 15) is 4.79 Å². The van der Waals surface area contributed by atoms with Crippen molar-refractivity contribution >= 4 is 22.9 Å². The van der Waals surface area contributed by atoms with Gasteiger partial charge in [0.15, 0.2) is 0 Å². The number of methoxy groups -OCH3 is 1. The normalized spacial score (nSPS) is 11.5. The fourth-order valence-electron chi connectivity index (χ4n) is 2.25. The van der Waals surface area contributed by atoms with Gasteiger partial charge in [-0.1, -0.05) is 0 Å². The fourth-order valence-corrected chi connectivity index (χ4v) is 3.31. The third kappa shape index (κ3) is 3.26. The van der Waals surface area contributed by atoms with E-state index in [0.717, 1.165) is 32.3 Å². The molecule has 0 atom stereocenters. The molecule has 0 saturated carbocycles. The third-order valence-electron chi connectivity index (χ3n) is 3.43. The van der Waals surface area contributed by atoms with Crippen LogP contribution in [0.25, 0.3) is 27.4 Å². The van der Waals surface area contributed by atoms with Crippen LogP contribution in [0.5, 0.6) is 0 Å². The highest BCUT2D eigenvalue weighted by atomic mass is 32.1. The Labute approximate surface area is 143 Å². The maximum absolute atomic E-state index is 11.6. The molecule has 0 aliphatic carbocycles. The number of carbonyl (C=O) groups excluding carboxylic acids is 1. The zero-order valence-corrected chi connectivity index (χ0v) is 14.4. The molecule has 3 heterocycles. The molecular weight excluding hydrogens is 324 g/mol. The quantitative estimate of drug-likeness (QED) is 0.539. The van der Waals surface area contributed by atoms with Gasteiger partial charge in [0.25, 0.3) is 0 Å². The number of ether oxygens (including phenoxy) is 1. The zero-order valence-electron chi connectivity index (χ0n) is 13.6. The molecule has 0 N–H and O–H groups in total. The van der Waals surface area contributed by atoms with Gasteiger partial charge in [-0.3, -0.25) is 9.67 Å². The van der Waals surface area contributed by atoms with E-state index >= 15 is 0 Å². The van der Waals surface area contributed by atoms with Crippen molar-refractivity contribution in [1.29, 1.82) is 0 Å². The van der Waals surface area contributed by atoms with Crippen LogP contribution in [0, 0.1) is 0 Å². The second-order valence-corrected chi connectivity index (χ2v) is 6.18. The first-order valence-corrected chi connectivity index (χ1v) is 8.07. The second kappa shape index (κ2) is 6.76.